The molecule has 0 amide bonds. The Morgan fingerprint density at radius 1 is 1.00 bits per heavy atom. The summed E-state index contributed by atoms with van der Waals surface area (Å²) in [7, 11) is -3.86. The summed E-state index contributed by atoms with van der Waals surface area (Å²) < 4.78 is 24.6. The van der Waals surface area contributed by atoms with Crippen molar-refractivity contribution in [2.45, 2.75) is 135 Å². The zero-order valence-corrected chi connectivity index (χ0v) is 24.3. The second kappa shape index (κ2) is 9.78. The lowest BCUT2D eigenvalue weighted by atomic mass is 9.95. The maximum Gasteiger partial charge on any atom is 0.306 e. The first-order valence-corrected chi connectivity index (χ1v) is 18.0. The van der Waals surface area contributed by atoms with Gasteiger partial charge in [-0.25, -0.2) is 0 Å². The molecule has 2 fully saturated rings. The standard InChI is InChI=1S/C24H48O6Si2/c1-16-12-21(26)29-22(16)18(25)14-20-19(28-20)13-17(30-32(10,11)24(5,6)7)15-27-31(8,9)23(2,3)4/h16-20,22,25H,12-15H2,1-11H3/t16-,17+,18?,19-,20+,22?/m0/s1. The predicted octanol–water partition coefficient (Wildman–Crippen LogP) is 5.26. The average Bonchev–Trinajstić information content (AvgIpc) is 3.21. The summed E-state index contributed by atoms with van der Waals surface area (Å²) in [5.74, 6) is -0.178. The molecule has 2 saturated heterocycles. The minimum absolute atomic E-state index is 0.0186. The van der Waals surface area contributed by atoms with Crippen LogP contribution in [0.4, 0.5) is 0 Å². The summed E-state index contributed by atoms with van der Waals surface area (Å²) in [6, 6.07) is 0. The Balaban J connectivity index is 1.98. The highest BCUT2D eigenvalue weighted by molar-refractivity contribution is 6.74. The highest BCUT2D eigenvalue weighted by atomic mass is 28.4. The molecule has 0 aromatic heterocycles. The second-order valence-corrected chi connectivity index (χ2v) is 22.5. The van der Waals surface area contributed by atoms with E-state index < -0.39 is 28.8 Å². The first-order chi connectivity index (χ1) is 14.3. The number of aliphatic hydroxyl groups excluding tert-OH is 1. The van der Waals surface area contributed by atoms with Crippen molar-refractivity contribution in [1.29, 1.82) is 0 Å². The number of hydrogen-bond donors (Lipinski definition) is 1. The highest BCUT2D eigenvalue weighted by Crippen LogP contribution is 2.41. The molecule has 188 valence electrons. The maximum atomic E-state index is 11.5. The molecule has 1 N–H and O–H groups in total. The number of carbonyl (C=O) groups is 1. The number of epoxide rings is 1. The van der Waals surface area contributed by atoms with Crippen LogP contribution in [-0.2, 0) is 23.1 Å². The highest BCUT2D eigenvalue weighted by Gasteiger charge is 2.48. The summed E-state index contributed by atoms with van der Waals surface area (Å²) in [4.78, 5) is 11.5. The molecule has 0 aromatic carbocycles. The van der Waals surface area contributed by atoms with Crippen LogP contribution in [0.5, 0.6) is 0 Å². The van der Waals surface area contributed by atoms with E-state index in [-0.39, 0.29) is 40.3 Å². The average molecular weight is 489 g/mol. The Morgan fingerprint density at radius 3 is 2.00 bits per heavy atom. The first kappa shape index (κ1) is 28.0. The van der Waals surface area contributed by atoms with Gasteiger partial charge in [-0.05, 0) is 36.3 Å². The van der Waals surface area contributed by atoms with Crippen molar-refractivity contribution < 1.29 is 28.2 Å². The fraction of sp³-hybridized carbons (Fsp3) is 0.958. The Kier molecular flexibility index (Phi) is 8.55. The monoisotopic (exact) mass is 488 g/mol. The van der Waals surface area contributed by atoms with Gasteiger partial charge in [-0.3, -0.25) is 4.79 Å². The molecular weight excluding hydrogens is 440 g/mol. The van der Waals surface area contributed by atoms with E-state index in [4.69, 9.17) is 18.3 Å². The van der Waals surface area contributed by atoms with Crippen molar-refractivity contribution in [3.8, 4) is 0 Å². The number of rotatable bonds is 10. The summed E-state index contributed by atoms with van der Waals surface area (Å²) in [5, 5.41) is 10.9. The van der Waals surface area contributed by atoms with Crippen LogP contribution >= 0.6 is 0 Å². The molecule has 0 bridgehead atoms. The second-order valence-electron chi connectivity index (χ2n) is 13.0. The van der Waals surface area contributed by atoms with E-state index >= 15 is 0 Å². The lowest BCUT2D eigenvalue weighted by Gasteiger charge is -2.41. The van der Waals surface area contributed by atoms with E-state index in [0.29, 0.717) is 19.4 Å². The number of ether oxygens (including phenoxy) is 2. The summed E-state index contributed by atoms with van der Waals surface area (Å²) in [5.41, 5.74) is 0. The van der Waals surface area contributed by atoms with E-state index in [1.165, 1.54) is 0 Å². The number of carbonyl (C=O) groups excluding carboxylic acids is 1. The summed E-state index contributed by atoms with van der Waals surface area (Å²) in [6.45, 7) is 25.1. The van der Waals surface area contributed by atoms with E-state index in [2.05, 4.69) is 67.7 Å². The predicted molar refractivity (Wildman–Crippen MR) is 133 cm³/mol. The molecule has 6 atom stereocenters. The Hall–Kier alpha value is -0.256. The third-order valence-corrected chi connectivity index (χ3v) is 17.1. The van der Waals surface area contributed by atoms with E-state index in [1.807, 2.05) is 6.92 Å². The van der Waals surface area contributed by atoms with Crippen molar-refractivity contribution >= 4 is 22.6 Å². The van der Waals surface area contributed by atoms with Crippen LogP contribution in [0, 0.1) is 5.92 Å². The Morgan fingerprint density at radius 2 is 1.53 bits per heavy atom. The first-order valence-electron chi connectivity index (χ1n) is 12.2. The van der Waals surface area contributed by atoms with Crippen LogP contribution < -0.4 is 0 Å². The molecule has 2 aliphatic heterocycles. The largest absolute Gasteiger partial charge is 0.459 e. The minimum Gasteiger partial charge on any atom is -0.459 e. The van der Waals surface area contributed by atoms with Crippen LogP contribution in [0.3, 0.4) is 0 Å². The molecule has 2 heterocycles. The van der Waals surface area contributed by atoms with Crippen LogP contribution in [0.1, 0.15) is 67.7 Å². The molecule has 32 heavy (non-hydrogen) atoms. The molecule has 0 radical (unpaired) electrons. The van der Waals surface area contributed by atoms with Gasteiger partial charge in [-0.2, -0.15) is 0 Å². The van der Waals surface area contributed by atoms with Crippen LogP contribution in [0.2, 0.25) is 36.3 Å². The Bertz CT molecular complexity index is 652. The quantitative estimate of drug-likeness (QED) is 0.257. The molecular formula is C24H48O6Si2. The van der Waals surface area contributed by atoms with Crippen molar-refractivity contribution in [3.05, 3.63) is 0 Å². The van der Waals surface area contributed by atoms with E-state index in [0.717, 1.165) is 6.42 Å². The van der Waals surface area contributed by atoms with Crippen molar-refractivity contribution in [2.75, 3.05) is 6.61 Å². The maximum absolute atomic E-state index is 11.5. The molecule has 0 aliphatic carbocycles. The van der Waals surface area contributed by atoms with Gasteiger partial charge in [0.1, 0.15) is 6.10 Å². The van der Waals surface area contributed by atoms with Crippen LogP contribution in [0.15, 0.2) is 0 Å². The molecule has 2 unspecified atom stereocenters. The minimum atomic E-state index is -1.97. The van der Waals surface area contributed by atoms with Gasteiger partial charge in [-0.15, -0.1) is 0 Å². The zero-order chi connectivity index (χ0) is 24.7. The number of aliphatic hydroxyl groups is 1. The number of esters is 1. The molecule has 2 aliphatic rings. The molecule has 2 rings (SSSR count). The normalized spacial score (nSPS) is 29.1. The van der Waals surface area contributed by atoms with Gasteiger partial charge in [0.2, 0.25) is 0 Å². The molecule has 0 aromatic rings. The molecule has 6 nitrogen and oxygen atoms in total. The topological polar surface area (TPSA) is 77.5 Å². The molecule has 0 spiro atoms. The molecule has 0 saturated carbocycles. The van der Waals surface area contributed by atoms with Crippen LogP contribution in [0.25, 0.3) is 0 Å². The lowest BCUT2D eigenvalue weighted by Crippen LogP contribution is -2.48. The summed E-state index contributed by atoms with van der Waals surface area (Å²) in [6.07, 6.45) is 0.527. The van der Waals surface area contributed by atoms with Crippen molar-refractivity contribution in [2.24, 2.45) is 5.92 Å². The van der Waals surface area contributed by atoms with Gasteiger partial charge in [0.15, 0.2) is 16.6 Å². The van der Waals surface area contributed by atoms with E-state index in [9.17, 15) is 9.90 Å². The van der Waals surface area contributed by atoms with E-state index in [1.54, 1.807) is 0 Å². The van der Waals surface area contributed by atoms with Crippen molar-refractivity contribution in [1.82, 2.24) is 0 Å². The van der Waals surface area contributed by atoms with Gasteiger partial charge in [0.25, 0.3) is 0 Å². The van der Waals surface area contributed by atoms with Gasteiger partial charge in [0, 0.05) is 18.8 Å². The lowest BCUT2D eigenvalue weighted by molar-refractivity contribution is -0.146. The number of cyclic esters (lactones) is 1. The van der Waals surface area contributed by atoms with Gasteiger partial charge in [0.05, 0.1) is 37.4 Å². The zero-order valence-electron chi connectivity index (χ0n) is 22.3. The van der Waals surface area contributed by atoms with Crippen molar-refractivity contribution in [3.63, 3.8) is 0 Å². The smallest absolute Gasteiger partial charge is 0.306 e. The molecule has 8 heteroatoms. The SMILES string of the molecule is C[C@H]1CC(=O)OC1C(O)C[C@H]1O[C@H]1C[C@H](CO[Si](C)(C)C(C)(C)C)O[Si](C)(C)C(C)(C)C. The summed E-state index contributed by atoms with van der Waals surface area (Å²) >= 11 is 0. The van der Waals surface area contributed by atoms with Crippen LogP contribution in [-0.4, -0.2) is 64.8 Å². The Labute approximate surface area is 198 Å². The van der Waals surface area contributed by atoms with Gasteiger partial charge < -0.3 is 23.4 Å². The third-order valence-electron chi connectivity index (χ3n) is 8.06. The van der Waals surface area contributed by atoms with Gasteiger partial charge in [-0.1, -0.05) is 48.5 Å². The van der Waals surface area contributed by atoms with Gasteiger partial charge >= 0.3 is 5.97 Å². The fourth-order valence-electron chi connectivity index (χ4n) is 3.64. The fourth-order valence-corrected chi connectivity index (χ4v) is 6.03. The number of hydrogen-bond acceptors (Lipinski definition) is 6. The third kappa shape index (κ3) is 7.12.